The molecule has 2 aromatic carbocycles. The molecule has 0 unspecified atom stereocenters. The van der Waals surface area contributed by atoms with Gasteiger partial charge >= 0.3 is 5.97 Å². The predicted octanol–water partition coefficient (Wildman–Crippen LogP) is 4.34. The van der Waals surface area contributed by atoms with Gasteiger partial charge in [0.05, 0.1) is 5.56 Å². The molecule has 0 bridgehead atoms. The van der Waals surface area contributed by atoms with Gasteiger partial charge in [-0.25, -0.2) is 4.79 Å². The summed E-state index contributed by atoms with van der Waals surface area (Å²) in [6.07, 6.45) is -0.814. The molecule has 0 aliphatic carbocycles. The molecule has 3 nitrogen and oxygen atoms in total. The van der Waals surface area contributed by atoms with Crippen LogP contribution in [0.1, 0.15) is 38.8 Å². The topological polar surface area (TPSA) is 43.4 Å². The largest absolute Gasteiger partial charge is 0.451 e. The third-order valence-corrected chi connectivity index (χ3v) is 4.48. The number of ketones is 1. The van der Waals surface area contributed by atoms with E-state index in [1.54, 1.807) is 25.1 Å². The van der Waals surface area contributed by atoms with E-state index in [-0.39, 0.29) is 5.78 Å². The number of aryl methyl sites for hydroxylation is 2. The lowest BCUT2D eigenvalue weighted by Crippen LogP contribution is -2.25. The molecule has 114 valence electrons. The van der Waals surface area contributed by atoms with E-state index in [0.29, 0.717) is 11.1 Å². The molecule has 0 heterocycles. The zero-order valence-corrected chi connectivity index (χ0v) is 14.9. The summed E-state index contributed by atoms with van der Waals surface area (Å²) >= 11 is 2.07. The van der Waals surface area contributed by atoms with Gasteiger partial charge < -0.3 is 4.74 Å². The molecule has 22 heavy (non-hydrogen) atoms. The highest BCUT2D eigenvalue weighted by Gasteiger charge is 2.21. The number of benzene rings is 2. The molecule has 0 amide bonds. The Labute approximate surface area is 143 Å². The fourth-order valence-electron chi connectivity index (χ4n) is 2.03. The van der Waals surface area contributed by atoms with Crippen LogP contribution in [0.2, 0.25) is 0 Å². The first-order valence-electron chi connectivity index (χ1n) is 6.97. The zero-order valence-electron chi connectivity index (χ0n) is 12.7. The molecular formula is C18H17IO3. The highest BCUT2D eigenvalue weighted by Crippen LogP contribution is 2.16. The molecule has 0 aromatic heterocycles. The fourth-order valence-corrected chi connectivity index (χ4v) is 2.64. The first kappa shape index (κ1) is 16.7. The van der Waals surface area contributed by atoms with Crippen LogP contribution >= 0.6 is 22.6 Å². The van der Waals surface area contributed by atoms with Crippen molar-refractivity contribution in [3.8, 4) is 0 Å². The Balaban J connectivity index is 2.13. The molecule has 1 atom stereocenters. The number of hydrogen-bond acceptors (Lipinski definition) is 3. The molecule has 0 radical (unpaired) electrons. The molecule has 0 spiro atoms. The lowest BCUT2D eigenvalue weighted by Gasteiger charge is -2.14. The van der Waals surface area contributed by atoms with E-state index in [0.717, 1.165) is 14.7 Å². The zero-order chi connectivity index (χ0) is 16.3. The molecule has 2 aromatic rings. The third-order valence-electron chi connectivity index (χ3n) is 3.54. The van der Waals surface area contributed by atoms with E-state index in [4.69, 9.17) is 4.74 Å². The second-order valence-electron chi connectivity index (χ2n) is 5.19. The number of Topliss-reactive ketones (excluding diaryl/α,β-unsaturated/α-hetero) is 1. The summed E-state index contributed by atoms with van der Waals surface area (Å²) in [4.78, 5) is 24.5. The van der Waals surface area contributed by atoms with Crippen LogP contribution in [0, 0.1) is 17.4 Å². The average molecular weight is 408 g/mol. The van der Waals surface area contributed by atoms with Crippen molar-refractivity contribution < 1.29 is 14.3 Å². The number of ether oxygens (including phenoxy) is 1. The molecular weight excluding hydrogens is 391 g/mol. The summed E-state index contributed by atoms with van der Waals surface area (Å²) < 4.78 is 6.11. The quantitative estimate of drug-likeness (QED) is 0.430. The SMILES string of the molecule is Cc1ccc(C(=O)[C@H](C)OC(=O)c2ccccc2I)cc1C. The van der Waals surface area contributed by atoms with Crippen molar-refractivity contribution >= 4 is 34.3 Å². The summed E-state index contributed by atoms with van der Waals surface area (Å²) in [5.74, 6) is -0.669. The Morgan fingerprint density at radius 2 is 1.73 bits per heavy atom. The highest BCUT2D eigenvalue weighted by molar-refractivity contribution is 14.1. The van der Waals surface area contributed by atoms with Gasteiger partial charge in [0.15, 0.2) is 6.10 Å². The number of hydrogen-bond donors (Lipinski definition) is 0. The van der Waals surface area contributed by atoms with Gasteiger partial charge in [0.25, 0.3) is 0 Å². The Bertz CT molecular complexity index is 722. The number of halogens is 1. The second-order valence-corrected chi connectivity index (χ2v) is 6.35. The Morgan fingerprint density at radius 1 is 1.05 bits per heavy atom. The Kier molecular flexibility index (Phi) is 5.34. The fraction of sp³-hybridized carbons (Fsp3) is 0.222. The summed E-state index contributed by atoms with van der Waals surface area (Å²) in [5, 5.41) is 0. The molecule has 0 aliphatic rings. The van der Waals surface area contributed by atoms with Crippen molar-refractivity contribution in [1.29, 1.82) is 0 Å². The molecule has 0 fully saturated rings. The monoisotopic (exact) mass is 408 g/mol. The Hall–Kier alpha value is -1.69. The summed E-state index contributed by atoms with van der Waals surface area (Å²) in [6.45, 7) is 5.55. The number of carbonyl (C=O) groups is 2. The molecule has 2 rings (SSSR count). The van der Waals surface area contributed by atoms with Gasteiger partial charge in [-0.1, -0.05) is 24.3 Å². The van der Waals surface area contributed by atoms with Crippen LogP contribution in [-0.4, -0.2) is 17.9 Å². The third kappa shape index (κ3) is 3.74. The maximum absolute atomic E-state index is 12.4. The minimum Gasteiger partial charge on any atom is -0.451 e. The lowest BCUT2D eigenvalue weighted by molar-refractivity contribution is 0.0318. The number of esters is 1. The maximum Gasteiger partial charge on any atom is 0.339 e. The summed E-state index contributed by atoms with van der Waals surface area (Å²) in [7, 11) is 0. The van der Waals surface area contributed by atoms with E-state index in [2.05, 4.69) is 22.6 Å². The van der Waals surface area contributed by atoms with E-state index in [1.807, 2.05) is 38.1 Å². The predicted molar refractivity (Wildman–Crippen MR) is 94.3 cm³/mol. The van der Waals surface area contributed by atoms with Crippen LogP contribution < -0.4 is 0 Å². The van der Waals surface area contributed by atoms with Crippen molar-refractivity contribution in [2.45, 2.75) is 26.9 Å². The van der Waals surface area contributed by atoms with Crippen molar-refractivity contribution in [3.05, 3.63) is 68.3 Å². The maximum atomic E-state index is 12.4. The van der Waals surface area contributed by atoms with Crippen LogP contribution in [0.5, 0.6) is 0 Å². The summed E-state index contributed by atoms with van der Waals surface area (Å²) in [5.41, 5.74) is 3.20. The van der Waals surface area contributed by atoms with Crippen molar-refractivity contribution in [2.75, 3.05) is 0 Å². The van der Waals surface area contributed by atoms with Crippen molar-refractivity contribution in [1.82, 2.24) is 0 Å². The van der Waals surface area contributed by atoms with E-state index in [1.165, 1.54) is 0 Å². The van der Waals surface area contributed by atoms with Gasteiger partial charge in [-0.2, -0.15) is 0 Å². The van der Waals surface area contributed by atoms with Crippen molar-refractivity contribution in [2.24, 2.45) is 0 Å². The normalized spacial score (nSPS) is 11.8. The molecule has 0 N–H and O–H groups in total. The van der Waals surface area contributed by atoms with Gasteiger partial charge in [0.1, 0.15) is 0 Å². The van der Waals surface area contributed by atoms with Crippen LogP contribution in [0.15, 0.2) is 42.5 Å². The van der Waals surface area contributed by atoms with Gasteiger partial charge in [0, 0.05) is 9.13 Å². The average Bonchev–Trinajstić information content (AvgIpc) is 2.49. The minimum absolute atomic E-state index is 0.192. The van der Waals surface area contributed by atoms with Gasteiger partial charge in [-0.05, 0) is 72.7 Å². The minimum atomic E-state index is -0.814. The molecule has 4 heteroatoms. The van der Waals surface area contributed by atoms with E-state index >= 15 is 0 Å². The van der Waals surface area contributed by atoms with Gasteiger partial charge in [-0.3, -0.25) is 4.79 Å². The van der Waals surface area contributed by atoms with E-state index < -0.39 is 12.1 Å². The first-order valence-corrected chi connectivity index (χ1v) is 8.05. The lowest BCUT2D eigenvalue weighted by atomic mass is 10.0. The summed E-state index contributed by atoms with van der Waals surface area (Å²) in [6, 6.07) is 12.6. The second kappa shape index (κ2) is 7.05. The molecule has 0 saturated heterocycles. The van der Waals surface area contributed by atoms with Crippen LogP contribution in [0.3, 0.4) is 0 Å². The van der Waals surface area contributed by atoms with Crippen LogP contribution in [0.4, 0.5) is 0 Å². The standard InChI is InChI=1S/C18H17IO3/c1-11-8-9-14(10-12(11)2)17(20)13(3)22-18(21)15-6-4-5-7-16(15)19/h4-10,13H,1-3H3/t13-/m0/s1. The van der Waals surface area contributed by atoms with Crippen LogP contribution in [0.25, 0.3) is 0 Å². The number of carbonyl (C=O) groups excluding carboxylic acids is 2. The Morgan fingerprint density at radius 3 is 2.36 bits per heavy atom. The number of rotatable bonds is 4. The van der Waals surface area contributed by atoms with Gasteiger partial charge in [-0.15, -0.1) is 0 Å². The van der Waals surface area contributed by atoms with Crippen LogP contribution in [-0.2, 0) is 4.74 Å². The highest BCUT2D eigenvalue weighted by atomic mass is 127. The smallest absolute Gasteiger partial charge is 0.339 e. The van der Waals surface area contributed by atoms with E-state index in [9.17, 15) is 9.59 Å². The molecule has 0 saturated carbocycles. The van der Waals surface area contributed by atoms with Crippen molar-refractivity contribution in [3.63, 3.8) is 0 Å². The molecule has 0 aliphatic heterocycles. The van der Waals surface area contributed by atoms with Gasteiger partial charge in [0.2, 0.25) is 5.78 Å². The first-order chi connectivity index (χ1) is 10.4.